The van der Waals surface area contributed by atoms with Crippen molar-refractivity contribution in [2.75, 3.05) is 18.4 Å². The first-order valence-electron chi connectivity index (χ1n) is 8.62. The molecule has 6 heteroatoms. The van der Waals surface area contributed by atoms with Gasteiger partial charge in [0.2, 0.25) is 5.91 Å². The predicted octanol–water partition coefficient (Wildman–Crippen LogP) is 1.96. The van der Waals surface area contributed by atoms with Gasteiger partial charge in [0.1, 0.15) is 5.82 Å². The Hall–Kier alpha value is -2.21. The third kappa shape index (κ3) is 2.94. The van der Waals surface area contributed by atoms with Crippen molar-refractivity contribution in [1.82, 2.24) is 20.1 Å². The molecule has 6 nitrogen and oxygen atoms in total. The van der Waals surface area contributed by atoms with Gasteiger partial charge in [-0.3, -0.25) is 9.78 Å². The van der Waals surface area contributed by atoms with Crippen LogP contribution in [0.5, 0.6) is 0 Å². The topological polar surface area (TPSA) is 71.8 Å². The molecule has 0 bridgehead atoms. The number of pyridine rings is 1. The van der Waals surface area contributed by atoms with Gasteiger partial charge in [0.25, 0.3) is 0 Å². The second kappa shape index (κ2) is 6.02. The molecule has 1 saturated heterocycles. The lowest BCUT2D eigenvalue weighted by Crippen LogP contribution is -2.31. The van der Waals surface area contributed by atoms with Crippen LogP contribution >= 0.6 is 0 Å². The van der Waals surface area contributed by atoms with Gasteiger partial charge in [0.15, 0.2) is 0 Å². The van der Waals surface area contributed by atoms with Gasteiger partial charge in [0, 0.05) is 18.2 Å². The Labute approximate surface area is 141 Å². The fraction of sp³-hybridized carbons (Fsp3) is 0.500. The number of hydrogen-bond donors (Lipinski definition) is 2. The Morgan fingerprint density at radius 2 is 2.25 bits per heavy atom. The van der Waals surface area contributed by atoms with Crippen LogP contribution in [0.1, 0.15) is 30.7 Å². The van der Waals surface area contributed by atoms with E-state index < -0.39 is 0 Å². The molecule has 1 spiro atoms. The minimum Gasteiger partial charge on any atom is -0.317 e. The van der Waals surface area contributed by atoms with Crippen LogP contribution in [0.3, 0.4) is 0 Å². The summed E-state index contributed by atoms with van der Waals surface area (Å²) in [6.45, 7) is 4.56. The van der Waals surface area contributed by atoms with E-state index in [0.29, 0.717) is 6.54 Å². The van der Waals surface area contributed by atoms with Gasteiger partial charge in [-0.05, 0) is 56.8 Å². The first-order valence-corrected chi connectivity index (χ1v) is 8.62. The fourth-order valence-corrected chi connectivity index (χ4v) is 3.82. The molecule has 1 saturated carbocycles. The van der Waals surface area contributed by atoms with Gasteiger partial charge >= 0.3 is 0 Å². The monoisotopic (exact) mass is 325 g/mol. The Morgan fingerprint density at radius 1 is 1.42 bits per heavy atom. The van der Waals surface area contributed by atoms with Crippen LogP contribution in [0.15, 0.2) is 30.5 Å². The summed E-state index contributed by atoms with van der Waals surface area (Å²) in [6, 6.07) is 7.75. The first-order chi connectivity index (χ1) is 11.7. The van der Waals surface area contributed by atoms with Gasteiger partial charge in [-0.2, -0.15) is 5.10 Å². The van der Waals surface area contributed by atoms with E-state index in [-0.39, 0.29) is 17.2 Å². The maximum absolute atomic E-state index is 12.7. The van der Waals surface area contributed by atoms with Crippen LogP contribution in [0.2, 0.25) is 0 Å². The van der Waals surface area contributed by atoms with Crippen molar-refractivity contribution in [3.63, 3.8) is 0 Å². The molecular weight excluding hydrogens is 302 g/mol. The van der Waals surface area contributed by atoms with Crippen LogP contribution in [-0.4, -0.2) is 33.8 Å². The summed E-state index contributed by atoms with van der Waals surface area (Å²) < 4.78 is 1.83. The molecule has 2 N–H and O–H groups in total. The molecular formula is C18H23N5O. The first kappa shape index (κ1) is 15.3. The second-order valence-corrected chi connectivity index (χ2v) is 7.01. The molecule has 0 radical (unpaired) electrons. The van der Waals surface area contributed by atoms with Gasteiger partial charge in [0.05, 0.1) is 17.9 Å². The van der Waals surface area contributed by atoms with Crippen molar-refractivity contribution in [1.29, 1.82) is 0 Å². The van der Waals surface area contributed by atoms with E-state index in [2.05, 4.69) is 20.7 Å². The SMILES string of the molecule is Cc1cc(NC(=O)C2CC23CCNCC3)n(Cc2ccccn2)n1. The lowest BCUT2D eigenvalue weighted by molar-refractivity contribution is -0.118. The summed E-state index contributed by atoms with van der Waals surface area (Å²) in [4.78, 5) is 17.0. The normalized spacial score (nSPS) is 21.6. The number of amides is 1. The van der Waals surface area contributed by atoms with Gasteiger partial charge in [-0.15, -0.1) is 0 Å². The molecule has 0 aromatic carbocycles. The van der Waals surface area contributed by atoms with Crippen LogP contribution < -0.4 is 10.6 Å². The van der Waals surface area contributed by atoms with E-state index in [1.54, 1.807) is 6.20 Å². The lowest BCUT2D eigenvalue weighted by Gasteiger charge is -2.23. The van der Waals surface area contributed by atoms with Crippen molar-refractivity contribution in [2.24, 2.45) is 11.3 Å². The maximum atomic E-state index is 12.7. The van der Waals surface area contributed by atoms with Crippen LogP contribution in [0.4, 0.5) is 5.82 Å². The molecule has 2 aromatic rings. The number of anilines is 1. The van der Waals surface area contributed by atoms with Gasteiger partial charge < -0.3 is 10.6 Å². The number of aromatic nitrogens is 3. The number of aryl methyl sites for hydroxylation is 1. The minimum absolute atomic E-state index is 0.138. The smallest absolute Gasteiger partial charge is 0.229 e. The Kier molecular flexibility index (Phi) is 3.84. The highest BCUT2D eigenvalue weighted by Gasteiger charge is 2.57. The van der Waals surface area contributed by atoms with E-state index in [4.69, 9.17) is 0 Å². The van der Waals surface area contributed by atoms with Crippen LogP contribution in [0, 0.1) is 18.3 Å². The second-order valence-electron chi connectivity index (χ2n) is 7.01. The maximum Gasteiger partial charge on any atom is 0.229 e. The average Bonchev–Trinajstić information content (AvgIpc) is 3.17. The molecule has 1 aliphatic heterocycles. The molecule has 3 heterocycles. The molecule has 2 aliphatic rings. The van der Waals surface area contributed by atoms with Crippen molar-refractivity contribution >= 4 is 11.7 Å². The number of carbonyl (C=O) groups excluding carboxylic acids is 1. The van der Waals surface area contributed by atoms with E-state index in [9.17, 15) is 4.79 Å². The number of carbonyl (C=O) groups is 1. The van der Waals surface area contributed by atoms with Gasteiger partial charge in [-0.25, -0.2) is 4.68 Å². The van der Waals surface area contributed by atoms with E-state index in [1.807, 2.05) is 35.9 Å². The molecule has 1 atom stereocenters. The van der Waals surface area contributed by atoms with Crippen LogP contribution in [0.25, 0.3) is 0 Å². The quantitative estimate of drug-likeness (QED) is 0.901. The largest absolute Gasteiger partial charge is 0.317 e. The van der Waals surface area contributed by atoms with Crippen molar-refractivity contribution in [2.45, 2.75) is 32.7 Å². The summed E-state index contributed by atoms with van der Waals surface area (Å²) in [5.74, 6) is 1.05. The Morgan fingerprint density at radius 3 is 3.00 bits per heavy atom. The zero-order valence-corrected chi connectivity index (χ0v) is 14.0. The third-order valence-electron chi connectivity index (χ3n) is 5.30. The summed E-state index contributed by atoms with van der Waals surface area (Å²) in [7, 11) is 0. The fourth-order valence-electron chi connectivity index (χ4n) is 3.82. The highest BCUT2D eigenvalue weighted by atomic mass is 16.2. The Bertz CT molecular complexity index is 733. The summed E-state index contributed by atoms with van der Waals surface area (Å²) in [5.41, 5.74) is 2.07. The van der Waals surface area contributed by atoms with Crippen molar-refractivity contribution < 1.29 is 4.79 Å². The number of hydrogen-bond acceptors (Lipinski definition) is 4. The molecule has 4 rings (SSSR count). The molecule has 1 unspecified atom stereocenters. The van der Waals surface area contributed by atoms with E-state index >= 15 is 0 Å². The number of rotatable bonds is 4. The average molecular weight is 325 g/mol. The van der Waals surface area contributed by atoms with Crippen molar-refractivity contribution in [3.05, 3.63) is 41.9 Å². The molecule has 1 amide bonds. The number of piperidine rings is 1. The van der Waals surface area contributed by atoms with E-state index in [1.165, 1.54) is 0 Å². The molecule has 2 fully saturated rings. The summed E-state index contributed by atoms with van der Waals surface area (Å²) >= 11 is 0. The molecule has 1 aliphatic carbocycles. The molecule has 126 valence electrons. The van der Waals surface area contributed by atoms with Crippen LogP contribution in [-0.2, 0) is 11.3 Å². The summed E-state index contributed by atoms with van der Waals surface area (Å²) in [5, 5.41) is 11.0. The molecule has 24 heavy (non-hydrogen) atoms. The predicted molar refractivity (Wildman–Crippen MR) is 91.6 cm³/mol. The number of nitrogens with zero attached hydrogens (tertiary/aromatic N) is 3. The Balaban J connectivity index is 1.46. The standard InChI is InChI=1S/C18H23N5O/c1-13-10-16(23(22-13)12-14-4-2-3-7-20-14)21-17(24)15-11-18(15)5-8-19-9-6-18/h2-4,7,10,15,19H,5-6,8-9,11-12H2,1H3,(H,21,24). The van der Waals surface area contributed by atoms with Crippen molar-refractivity contribution in [3.8, 4) is 0 Å². The zero-order valence-electron chi connectivity index (χ0n) is 14.0. The minimum atomic E-state index is 0.138. The van der Waals surface area contributed by atoms with Gasteiger partial charge in [-0.1, -0.05) is 6.07 Å². The number of nitrogens with one attached hydrogen (secondary N) is 2. The highest BCUT2D eigenvalue weighted by molar-refractivity contribution is 5.94. The zero-order chi connectivity index (χ0) is 16.6. The summed E-state index contributed by atoms with van der Waals surface area (Å²) in [6.07, 6.45) is 5.01. The molecule has 2 aromatic heterocycles. The third-order valence-corrected chi connectivity index (χ3v) is 5.30. The van der Waals surface area contributed by atoms with E-state index in [0.717, 1.165) is 49.6 Å². The lowest BCUT2D eigenvalue weighted by atomic mass is 9.92. The highest BCUT2D eigenvalue weighted by Crippen LogP contribution is 2.58.